The van der Waals surface area contributed by atoms with Crippen LogP contribution in [-0.4, -0.2) is 29.1 Å². The van der Waals surface area contributed by atoms with Crippen LogP contribution < -0.4 is 4.90 Å². The fourth-order valence-corrected chi connectivity index (χ4v) is 1.98. The number of aromatic carboxylic acids is 1. The SMILES string of the molecule is Cc1c(O)cccc1C(=O)N(C)c1ccc(C(=O)O)cc1. The maximum atomic E-state index is 12.4. The van der Waals surface area contributed by atoms with Crippen molar-refractivity contribution >= 4 is 17.6 Å². The second-order valence-electron chi connectivity index (χ2n) is 4.67. The lowest BCUT2D eigenvalue weighted by atomic mass is 10.1. The van der Waals surface area contributed by atoms with Crippen LogP contribution in [0.1, 0.15) is 26.3 Å². The normalized spacial score (nSPS) is 10.2. The number of hydrogen-bond donors (Lipinski definition) is 2. The smallest absolute Gasteiger partial charge is 0.335 e. The number of benzene rings is 2. The van der Waals surface area contributed by atoms with Crippen molar-refractivity contribution in [3.05, 3.63) is 59.2 Å². The van der Waals surface area contributed by atoms with Crippen molar-refractivity contribution in [2.45, 2.75) is 6.92 Å². The molecule has 0 heterocycles. The van der Waals surface area contributed by atoms with Crippen LogP contribution in [0.4, 0.5) is 5.69 Å². The van der Waals surface area contributed by atoms with E-state index in [9.17, 15) is 14.7 Å². The standard InChI is InChI=1S/C16H15NO4/c1-10-13(4-3-5-14(10)18)15(19)17(2)12-8-6-11(7-9-12)16(20)21/h3-9,18H,1-2H3,(H,20,21). The van der Waals surface area contributed by atoms with Crippen LogP contribution in [-0.2, 0) is 0 Å². The average Bonchev–Trinajstić information content (AvgIpc) is 2.48. The topological polar surface area (TPSA) is 77.8 Å². The predicted molar refractivity (Wildman–Crippen MR) is 79.0 cm³/mol. The molecule has 0 aliphatic rings. The Morgan fingerprint density at radius 1 is 1.05 bits per heavy atom. The molecule has 0 saturated heterocycles. The van der Waals surface area contributed by atoms with E-state index in [-0.39, 0.29) is 17.2 Å². The molecule has 2 N–H and O–H groups in total. The van der Waals surface area contributed by atoms with E-state index in [1.165, 1.54) is 23.1 Å². The van der Waals surface area contributed by atoms with E-state index in [1.54, 1.807) is 38.2 Å². The second-order valence-corrected chi connectivity index (χ2v) is 4.67. The molecule has 108 valence electrons. The van der Waals surface area contributed by atoms with Crippen LogP contribution in [0.5, 0.6) is 5.75 Å². The molecule has 0 atom stereocenters. The summed E-state index contributed by atoms with van der Waals surface area (Å²) in [7, 11) is 1.60. The molecule has 5 nitrogen and oxygen atoms in total. The van der Waals surface area contributed by atoms with Crippen LogP contribution in [0, 0.1) is 6.92 Å². The number of aromatic hydroxyl groups is 1. The Bertz CT molecular complexity index is 692. The van der Waals surface area contributed by atoms with Crippen LogP contribution in [0.2, 0.25) is 0 Å². The van der Waals surface area contributed by atoms with Crippen molar-refractivity contribution in [3.8, 4) is 5.75 Å². The summed E-state index contributed by atoms with van der Waals surface area (Å²) >= 11 is 0. The van der Waals surface area contributed by atoms with E-state index < -0.39 is 5.97 Å². The zero-order valence-corrected chi connectivity index (χ0v) is 11.7. The van der Waals surface area contributed by atoms with Gasteiger partial charge in [0, 0.05) is 23.9 Å². The molecule has 21 heavy (non-hydrogen) atoms. The van der Waals surface area contributed by atoms with Gasteiger partial charge in [-0.25, -0.2) is 4.79 Å². The van der Waals surface area contributed by atoms with Crippen molar-refractivity contribution < 1.29 is 19.8 Å². The number of carboxylic acid groups (broad SMARTS) is 1. The first kappa shape index (κ1) is 14.6. The molecular weight excluding hydrogens is 270 g/mol. The van der Waals surface area contributed by atoms with Crippen molar-refractivity contribution in [1.29, 1.82) is 0 Å². The molecule has 0 aliphatic carbocycles. The van der Waals surface area contributed by atoms with E-state index in [0.29, 0.717) is 16.8 Å². The van der Waals surface area contributed by atoms with E-state index in [1.807, 2.05) is 0 Å². The van der Waals surface area contributed by atoms with Gasteiger partial charge >= 0.3 is 5.97 Å². The number of amides is 1. The lowest BCUT2D eigenvalue weighted by Gasteiger charge is -2.19. The number of rotatable bonds is 3. The first-order valence-corrected chi connectivity index (χ1v) is 6.32. The van der Waals surface area contributed by atoms with Gasteiger partial charge in [0.2, 0.25) is 0 Å². The second kappa shape index (κ2) is 5.66. The summed E-state index contributed by atoms with van der Waals surface area (Å²) in [4.78, 5) is 24.7. The molecule has 0 saturated carbocycles. The number of hydrogen-bond acceptors (Lipinski definition) is 3. The van der Waals surface area contributed by atoms with Gasteiger partial charge in [0.1, 0.15) is 5.75 Å². The molecule has 1 amide bonds. The largest absolute Gasteiger partial charge is 0.508 e. The summed E-state index contributed by atoms with van der Waals surface area (Å²) in [6, 6.07) is 10.8. The van der Waals surface area contributed by atoms with Gasteiger partial charge in [-0.15, -0.1) is 0 Å². The molecule has 2 rings (SSSR count). The fourth-order valence-electron chi connectivity index (χ4n) is 1.98. The van der Waals surface area contributed by atoms with Crippen molar-refractivity contribution in [2.75, 3.05) is 11.9 Å². The predicted octanol–water partition coefficient (Wildman–Crippen LogP) is 2.68. The molecule has 0 aliphatic heterocycles. The van der Waals surface area contributed by atoms with Gasteiger partial charge in [0.05, 0.1) is 5.56 Å². The van der Waals surface area contributed by atoms with Crippen LogP contribution in [0.15, 0.2) is 42.5 Å². The molecule has 0 radical (unpaired) electrons. The zero-order chi connectivity index (χ0) is 15.6. The van der Waals surface area contributed by atoms with Crippen LogP contribution in [0.3, 0.4) is 0 Å². The monoisotopic (exact) mass is 285 g/mol. The first-order valence-electron chi connectivity index (χ1n) is 6.32. The van der Waals surface area contributed by atoms with Crippen LogP contribution in [0.25, 0.3) is 0 Å². The zero-order valence-electron chi connectivity index (χ0n) is 11.7. The quantitative estimate of drug-likeness (QED) is 0.908. The number of carboxylic acids is 1. The third-order valence-corrected chi connectivity index (χ3v) is 3.34. The molecule has 0 bridgehead atoms. The van der Waals surface area contributed by atoms with Crippen LogP contribution >= 0.6 is 0 Å². The molecule has 0 spiro atoms. The summed E-state index contributed by atoms with van der Waals surface area (Å²) in [6.07, 6.45) is 0. The van der Waals surface area contributed by atoms with E-state index >= 15 is 0 Å². The van der Waals surface area contributed by atoms with E-state index in [4.69, 9.17) is 5.11 Å². The number of anilines is 1. The van der Waals surface area contributed by atoms with Gasteiger partial charge in [-0.3, -0.25) is 4.79 Å². The molecule has 2 aromatic rings. The van der Waals surface area contributed by atoms with Crippen molar-refractivity contribution in [1.82, 2.24) is 0 Å². The molecule has 2 aromatic carbocycles. The van der Waals surface area contributed by atoms with Gasteiger partial charge in [0.25, 0.3) is 5.91 Å². The molecule has 0 fully saturated rings. The summed E-state index contributed by atoms with van der Waals surface area (Å²) in [5.41, 5.74) is 1.65. The Morgan fingerprint density at radius 3 is 2.24 bits per heavy atom. The highest BCUT2D eigenvalue weighted by atomic mass is 16.4. The van der Waals surface area contributed by atoms with Gasteiger partial charge in [0.15, 0.2) is 0 Å². The summed E-state index contributed by atoms with van der Waals surface area (Å²) in [5.74, 6) is -1.22. The number of carbonyl (C=O) groups excluding carboxylic acids is 1. The van der Waals surface area contributed by atoms with Gasteiger partial charge in [-0.05, 0) is 43.3 Å². The van der Waals surface area contributed by atoms with Crippen molar-refractivity contribution in [2.24, 2.45) is 0 Å². The Labute approximate surface area is 122 Å². The summed E-state index contributed by atoms with van der Waals surface area (Å²) in [6.45, 7) is 1.67. The lowest BCUT2D eigenvalue weighted by molar-refractivity contribution is 0.0696. The Kier molecular flexibility index (Phi) is 3.93. The minimum atomic E-state index is -1.01. The average molecular weight is 285 g/mol. The highest BCUT2D eigenvalue weighted by molar-refractivity contribution is 6.07. The Balaban J connectivity index is 2.30. The number of carbonyl (C=O) groups is 2. The Hall–Kier alpha value is -2.82. The first-order chi connectivity index (χ1) is 9.91. The molecule has 5 heteroatoms. The minimum Gasteiger partial charge on any atom is -0.508 e. The van der Waals surface area contributed by atoms with Gasteiger partial charge < -0.3 is 15.1 Å². The summed E-state index contributed by atoms with van der Waals surface area (Å²) in [5, 5.41) is 18.5. The third-order valence-electron chi connectivity index (χ3n) is 3.34. The van der Waals surface area contributed by atoms with Gasteiger partial charge in [-0.1, -0.05) is 6.07 Å². The lowest BCUT2D eigenvalue weighted by Crippen LogP contribution is -2.26. The fraction of sp³-hybridized carbons (Fsp3) is 0.125. The minimum absolute atomic E-state index is 0.0653. The number of phenolic OH excluding ortho intramolecular Hbond substituents is 1. The molecule has 0 aromatic heterocycles. The molecule has 0 unspecified atom stereocenters. The number of phenols is 1. The van der Waals surface area contributed by atoms with E-state index in [0.717, 1.165) is 0 Å². The highest BCUT2D eigenvalue weighted by Crippen LogP contribution is 2.23. The maximum absolute atomic E-state index is 12.4. The third kappa shape index (κ3) is 2.86. The Morgan fingerprint density at radius 2 is 1.67 bits per heavy atom. The number of nitrogens with zero attached hydrogens (tertiary/aromatic N) is 1. The van der Waals surface area contributed by atoms with Crippen molar-refractivity contribution in [3.63, 3.8) is 0 Å². The van der Waals surface area contributed by atoms with Gasteiger partial charge in [-0.2, -0.15) is 0 Å². The highest BCUT2D eigenvalue weighted by Gasteiger charge is 2.17. The van der Waals surface area contributed by atoms with E-state index in [2.05, 4.69) is 0 Å². The molecular formula is C16H15NO4. The summed E-state index contributed by atoms with van der Waals surface area (Å²) < 4.78 is 0. The maximum Gasteiger partial charge on any atom is 0.335 e.